The molecule has 0 aliphatic carbocycles. The number of hydrogen-bond acceptors (Lipinski definition) is 5. The fourth-order valence-electron chi connectivity index (χ4n) is 3.20. The summed E-state index contributed by atoms with van der Waals surface area (Å²) in [5.41, 5.74) is 1.98. The lowest BCUT2D eigenvalue weighted by Crippen LogP contribution is -2.31. The van der Waals surface area contributed by atoms with Gasteiger partial charge in [-0.1, -0.05) is 28.9 Å². The van der Waals surface area contributed by atoms with Gasteiger partial charge in [0.2, 0.25) is 0 Å². The van der Waals surface area contributed by atoms with Crippen molar-refractivity contribution in [1.29, 1.82) is 0 Å². The minimum atomic E-state index is -0.433. The number of nitrogens with one attached hydrogen (secondary N) is 1. The Morgan fingerprint density at radius 1 is 1.13 bits per heavy atom. The number of rotatable bonds is 4. The van der Waals surface area contributed by atoms with Gasteiger partial charge in [-0.05, 0) is 37.3 Å². The van der Waals surface area contributed by atoms with Crippen LogP contribution in [0, 0.1) is 6.92 Å². The monoisotopic (exact) mass is 424 g/mol. The molecule has 0 atom stereocenters. The van der Waals surface area contributed by atoms with Gasteiger partial charge in [0, 0.05) is 18.8 Å². The summed E-state index contributed by atoms with van der Waals surface area (Å²) in [6.07, 6.45) is 0. The molecule has 0 bridgehead atoms. The lowest BCUT2D eigenvalue weighted by Gasteiger charge is -2.19. The number of aryl methyl sites for hydroxylation is 1. The molecule has 4 rings (SSSR count). The van der Waals surface area contributed by atoms with Gasteiger partial charge >= 0.3 is 6.03 Å². The van der Waals surface area contributed by atoms with Crippen molar-refractivity contribution < 1.29 is 18.9 Å². The van der Waals surface area contributed by atoms with Crippen molar-refractivity contribution in [1.82, 2.24) is 10.1 Å². The Hall–Kier alpha value is -3.65. The maximum Gasteiger partial charge on any atom is 0.321 e. The van der Waals surface area contributed by atoms with Crippen LogP contribution in [0.5, 0.6) is 0 Å². The highest BCUT2D eigenvalue weighted by Crippen LogP contribution is 2.34. The fourth-order valence-corrected chi connectivity index (χ4v) is 3.47. The van der Waals surface area contributed by atoms with Crippen LogP contribution in [-0.2, 0) is 6.54 Å². The molecule has 0 radical (unpaired) electrons. The first-order valence-electron chi connectivity index (χ1n) is 9.07. The normalized spacial score (nSPS) is 12.8. The predicted molar refractivity (Wildman–Crippen MR) is 111 cm³/mol. The Morgan fingerprint density at radius 2 is 1.80 bits per heavy atom. The van der Waals surface area contributed by atoms with Crippen molar-refractivity contribution in [3.63, 3.8) is 0 Å². The standard InChI is InChI=1S/C21H17ClN4O4/c1-12-9-14(24-30-12)11-25(2)21(29)23-13-7-8-18(17(22)10-13)26-19(27)15-5-3-4-6-16(15)20(26)28/h3-10H,11H2,1-2H3,(H,23,29). The highest BCUT2D eigenvalue weighted by Gasteiger charge is 2.37. The van der Waals surface area contributed by atoms with Gasteiger partial charge < -0.3 is 14.7 Å². The van der Waals surface area contributed by atoms with Gasteiger partial charge in [-0.2, -0.15) is 0 Å². The molecule has 8 nitrogen and oxygen atoms in total. The van der Waals surface area contributed by atoms with E-state index in [2.05, 4.69) is 10.5 Å². The zero-order valence-corrected chi connectivity index (χ0v) is 16.9. The third-order valence-corrected chi connectivity index (χ3v) is 4.96. The van der Waals surface area contributed by atoms with E-state index in [9.17, 15) is 14.4 Å². The number of imide groups is 1. The van der Waals surface area contributed by atoms with Crippen molar-refractivity contribution in [3.8, 4) is 0 Å². The molecule has 0 spiro atoms. The highest BCUT2D eigenvalue weighted by atomic mass is 35.5. The summed E-state index contributed by atoms with van der Waals surface area (Å²) in [7, 11) is 1.62. The Morgan fingerprint density at radius 3 is 2.37 bits per heavy atom. The van der Waals surface area contributed by atoms with E-state index in [1.54, 1.807) is 50.4 Å². The maximum absolute atomic E-state index is 12.6. The molecule has 9 heteroatoms. The molecule has 0 saturated carbocycles. The molecule has 30 heavy (non-hydrogen) atoms. The topological polar surface area (TPSA) is 95.8 Å². The number of halogens is 1. The zero-order valence-electron chi connectivity index (χ0n) is 16.2. The maximum atomic E-state index is 12.6. The zero-order chi connectivity index (χ0) is 21.4. The summed E-state index contributed by atoms with van der Waals surface area (Å²) >= 11 is 6.35. The number of amides is 4. The SMILES string of the molecule is Cc1cc(CN(C)C(=O)Nc2ccc(N3C(=O)c4ccccc4C3=O)c(Cl)c2)no1. The van der Waals surface area contributed by atoms with Crippen LogP contribution in [0.25, 0.3) is 0 Å². The van der Waals surface area contributed by atoms with Crippen LogP contribution in [0.15, 0.2) is 53.1 Å². The van der Waals surface area contributed by atoms with Crippen LogP contribution in [0.4, 0.5) is 16.2 Å². The van der Waals surface area contributed by atoms with E-state index in [0.717, 1.165) is 4.90 Å². The largest absolute Gasteiger partial charge is 0.361 e. The summed E-state index contributed by atoms with van der Waals surface area (Å²) < 4.78 is 5.00. The Labute approximate surface area is 177 Å². The third-order valence-electron chi connectivity index (χ3n) is 4.66. The van der Waals surface area contributed by atoms with E-state index >= 15 is 0 Å². The first-order chi connectivity index (χ1) is 14.3. The van der Waals surface area contributed by atoms with Gasteiger partial charge in [-0.15, -0.1) is 0 Å². The summed E-state index contributed by atoms with van der Waals surface area (Å²) in [4.78, 5) is 40.2. The molecule has 0 fully saturated rings. The molecule has 0 saturated heterocycles. The third kappa shape index (κ3) is 3.53. The molecule has 0 unspecified atom stereocenters. The fraction of sp³-hybridized carbons (Fsp3) is 0.143. The van der Waals surface area contributed by atoms with E-state index < -0.39 is 11.8 Å². The van der Waals surface area contributed by atoms with Crippen molar-refractivity contribution in [2.75, 3.05) is 17.3 Å². The van der Waals surface area contributed by atoms with E-state index in [4.69, 9.17) is 16.1 Å². The molecule has 2 aromatic carbocycles. The summed E-state index contributed by atoms with van der Waals surface area (Å²) in [6.45, 7) is 2.04. The number of benzene rings is 2. The van der Waals surface area contributed by atoms with Crippen molar-refractivity contribution in [2.45, 2.75) is 13.5 Å². The highest BCUT2D eigenvalue weighted by molar-refractivity contribution is 6.40. The number of nitrogens with zero attached hydrogens (tertiary/aromatic N) is 3. The number of aromatic nitrogens is 1. The van der Waals surface area contributed by atoms with Gasteiger partial charge in [0.25, 0.3) is 11.8 Å². The summed E-state index contributed by atoms with van der Waals surface area (Å²) in [6, 6.07) is 12.6. The van der Waals surface area contributed by atoms with Gasteiger partial charge in [0.15, 0.2) is 0 Å². The van der Waals surface area contributed by atoms with Gasteiger partial charge in [0.1, 0.15) is 11.5 Å². The first kappa shape index (κ1) is 19.7. The average Bonchev–Trinajstić information content (AvgIpc) is 3.23. The lowest BCUT2D eigenvalue weighted by atomic mass is 10.1. The number of carbonyl (C=O) groups excluding carboxylic acids is 3. The van der Waals surface area contributed by atoms with Crippen LogP contribution in [0.1, 0.15) is 32.2 Å². The molecule has 152 valence electrons. The lowest BCUT2D eigenvalue weighted by molar-refractivity contribution is 0.0926. The number of carbonyl (C=O) groups is 3. The van der Waals surface area contributed by atoms with Crippen LogP contribution in [-0.4, -0.2) is 34.9 Å². The van der Waals surface area contributed by atoms with Crippen LogP contribution in [0.3, 0.4) is 0 Å². The van der Waals surface area contributed by atoms with Crippen molar-refractivity contribution >= 4 is 40.8 Å². The van der Waals surface area contributed by atoms with Gasteiger partial charge in [-0.25, -0.2) is 9.69 Å². The second-order valence-electron chi connectivity index (χ2n) is 6.87. The second-order valence-corrected chi connectivity index (χ2v) is 7.28. The quantitative estimate of drug-likeness (QED) is 0.636. The Bertz CT molecular complexity index is 1140. The molecule has 2 heterocycles. The number of anilines is 2. The average molecular weight is 425 g/mol. The Kier molecular flexibility index (Phi) is 5.01. The second kappa shape index (κ2) is 7.64. The first-order valence-corrected chi connectivity index (χ1v) is 9.44. The molecular weight excluding hydrogens is 408 g/mol. The van der Waals surface area contributed by atoms with Gasteiger partial charge in [0.05, 0.1) is 28.4 Å². The van der Waals surface area contributed by atoms with Gasteiger partial charge in [-0.3, -0.25) is 9.59 Å². The van der Waals surface area contributed by atoms with Crippen LogP contribution >= 0.6 is 11.6 Å². The molecule has 1 aromatic heterocycles. The van der Waals surface area contributed by atoms with Crippen molar-refractivity contribution in [2.24, 2.45) is 0 Å². The van der Waals surface area contributed by atoms with Crippen molar-refractivity contribution in [3.05, 3.63) is 76.1 Å². The Balaban J connectivity index is 1.49. The minimum Gasteiger partial charge on any atom is -0.361 e. The molecule has 4 amide bonds. The smallest absolute Gasteiger partial charge is 0.321 e. The predicted octanol–water partition coefficient (Wildman–Crippen LogP) is 4.10. The number of urea groups is 1. The molecule has 1 aliphatic rings. The minimum absolute atomic E-state index is 0.164. The summed E-state index contributed by atoms with van der Waals surface area (Å²) in [5.74, 6) is -0.205. The molecule has 3 aromatic rings. The molecular formula is C21H17ClN4O4. The number of hydrogen-bond donors (Lipinski definition) is 1. The van der Waals surface area contributed by atoms with E-state index in [1.165, 1.54) is 17.0 Å². The molecule has 1 aliphatic heterocycles. The summed E-state index contributed by atoms with van der Waals surface area (Å²) in [5, 5.41) is 6.75. The van der Waals surface area contributed by atoms with Crippen LogP contribution < -0.4 is 10.2 Å². The van der Waals surface area contributed by atoms with Crippen LogP contribution in [0.2, 0.25) is 5.02 Å². The van der Waals surface area contributed by atoms with E-state index in [0.29, 0.717) is 28.3 Å². The van der Waals surface area contributed by atoms with E-state index in [-0.39, 0.29) is 23.3 Å². The van der Waals surface area contributed by atoms with E-state index in [1.807, 2.05) is 0 Å². The number of fused-ring (bicyclic) bond motifs is 1. The molecule has 1 N–H and O–H groups in total.